The lowest BCUT2D eigenvalue weighted by Gasteiger charge is -2.28. The number of H-pyrrole nitrogens is 1. The van der Waals surface area contributed by atoms with Crippen LogP contribution < -0.4 is 25.2 Å². The minimum Gasteiger partial charge on any atom is -0.486 e. The van der Waals surface area contributed by atoms with Crippen LogP contribution in [-0.2, 0) is 17.8 Å². The van der Waals surface area contributed by atoms with Gasteiger partial charge in [0, 0.05) is 44.4 Å². The lowest BCUT2D eigenvalue weighted by Crippen LogP contribution is -2.40. The number of hydrogen-bond acceptors (Lipinski definition) is 7. The van der Waals surface area contributed by atoms with Crippen molar-refractivity contribution >= 4 is 17.5 Å². The number of aromatic amines is 1. The molecule has 1 aromatic carbocycles. The zero-order chi connectivity index (χ0) is 20.5. The van der Waals surface area contributed by atoms with Crippen molar-refractivity contribution in [1.29, 1.82) is 0 Å². The maximum Gasteiger partial charge on any atom is 0.257 e. The molecule has 3 aliphatic rings. The molecule has 0 aliphatic carbocycles. The number of aromatic nitrogens is 2. The van der Waals surface area contributed by atoms with Crippen molar-refractivity contribution in [2.45, 2.75) is 25.8 Å². The molecule has 9 heteroatoms. The average molecular weight is 411 g/mol. The molecule has 0 radical (unpaired) electrons. The second-order valence-electron chi connectivity index (χ2n) is 7.88. The molecule has 30 heavy (non-hydrogen) atoms. The Bertz CT molecular complexity index is 1010. The van der Waals surface area contributed by atoms with Crippen LogP contribution in [0.4, 0.5) is 11.6 Å². The fraction of sp³-hybridized carbons (Fsp3) is 0.476. The van der Waals surface area contributed by atoms with Gasteiger partial charge < -0.3 is 19.7 Å². The number of ether oxygens (including phenoxy) is 2. The highest BCUT2D eigenvalue weighted by molar-refractivity contribution is 5.92. The van der Waals surface area contributed by atoms with Crippen LogP contribution in [0, 0.1) is 0 Å². The molecule has 5 rings (SSSR count). The number of anilines is 2. The van der Waals surface area contributed by atoms with Gasteiger partial charge >= 0.3 is 0 Å². The van der Waals surface area contributed by atoms with E-state index < -0.39 is 0 Å². The molecule has 0 bridgehead atoms. The molecule has 2 N–H and O–H groups in total. The van der Waals surface area contributed by atoms with Crippen molar-refractivity contribution in [3.63, 3.8) is 0 Å². The van der Waals surface area contributed by atoms with Gasteiger partial charge in [0.2, 0.25) is 11.9 Å². The lowest BCUT2D eigenvalue weighted by molar-refractivity contribution is -0.117. The zero-order valence-electron chi connectivity index (χ0n) is 16.8. The van der Waals surface area contributed by atoms with E-state index in [1.807, 2.05) is 4.90 Å². The van der Waals surface area contributed by atoms with E-state index in [0.717, 1.165) is 31.6 Å². The van der Waals surface area contributed by atoms with Gasteiger partial charge in [-0.15, -0.1) is 0 Å². The molecule has 1 saturated heterocycles. The molecule has 0 unspecified atom stereocenters. The van der Waals surface area contributed by atoms with Gasteiger partial charge in [0.25, 0.3) is 5.56 Å². The number of hydrogen-bond donors (Lipinski definition) is 2. The molecule has 3 aliphatic heterocycles. The summed E-state index contributed by atoms with van der Waals surface area (Å²) in [6.45, 7) is 4.23. The van der Waals surface area contributed by atoms with Crippen LogP contribution >= 0.6 is 0 Å². The molecule has 9 nitrogen and oxygen atoms in total. The summed E-state index contributed by atoms with van der Waals surface area (Å²) in [4.78, 5) is 36.9. The van der Waals surface area contributed by atoms with E-state index in [1.54, 1.807) is 18.2 Å². The van der Waals surface area contributed by atoms with Crippen molar-refractivity contribution in [1.82, 2.24) is 14.9 Å². The number of rotatable bonds is 4. The largest absolute Gasteiger partial charge is 0.486 e. The highest BCUT2D eigenvalue weighted by atomic mass is 16.6. The first-order valence-electron chi connectivity index (χ1n) is 10.4. The highest BCUT2D eigenvalue weighted by Crippen LogP contribution is 2.32. The van der Waals surface area contributed by atoms with Gasteiger partial charge in [0.15, 0.2) is 11.5 Å². The summed E-state index contributed by atoms with van der Waals surface area (Å²) >= 11 is 0. The fourth-order valence-corrected chi connectivity index (χ4v) is 4.21. The summed E-state index contributed by atoms with van der Waals surface area (Å²) in [5.74, 6) is 1.87. The Morgan fingerprint density at radius 3 is 2.77 bits per heavy atom. The van der Waals surface area contributed by atoms with Crippen LogP contribution in [0.3, 0.4) is 0 Å². The molecular weight excluding hydrogens is 386 g/mol. The van der Waals surface area contributed by atoms with Crippen LogP contribution in [0.5, 0.6) is 11.5 Å². The van der Waals surface area contributed by atoms with Gasteiger partial charge in [-0.3, -0.25) is 19.5 Å². The molecule has 1 fully saturated rings. The Morgan fingerprint density at radius 2 is 1.93 bits per heavy atom. The smallest absolute Gasteiger partial charge is 0.257 e. The zero-order valence-corrected chi connectivity index (χ0v) is 16.8. The molecule has 158 valence electrons. The first-order valence-corrected chi connectivity index (χ1v) is 10.4. The Balaban J connectivity index is 1.23. The molecule has 0 atom stereocenters. The lowest BCUT2D eigenvalue weighted by atomic mass is 10.1. The first kappa shape index (κ1) is 18.9. The van der Waals surface area contributed by atoms with Crippen LogP contribution in [0.25, 0.3) is 0 Å². The summed E-state index contributed by atoms with van der Waals surface area (Å²) in [6.07, 6.45) is 2.93. The summed E-state index contributed by atoms with van der Waals surface area (Å²) < 4.78 is 11.1. The topological polar surface area (TPSA) is 99.8 Å². The second kappa shape index (κ2) is 7.98. The maximum atomic E-state index is 12.6. The number of carbonyl (C=O) groups excluding carboxylic acids is 1. The molecule has 1 amide bonds. The quantitative estimate of drug-likeness (QED) is 0.778. The second-order valence-corrected chi connectivity index (χ2v) is 7.88. The van der Waals surface area contributed by atoms with Crippen molar-refractivity contribution in [3.8, 4) is 11.5 Å². The van der Waals surface area contributed by atoms with E-state index in [0.29, 0.717) is 61.4 Å². The van der Waals surface area contributed by atoms with Crippen molar-refractivity contribution in [2.24, 2.45) is 0 Å². The van der Waals surface area contributed by atoms with Gasteiger partial charge in [-0.05, 0) is 25.0 Å². The third-order valence-electron chi connectivity index (χ3n) is 5.73. The Kier molecular flexibility index (Phi) is 5.04. The van der Waals surface area contributed by atoms with Crippen LogP contribution in [0.1, 0.15) is 24.1 Å². The number of benzene rings is 1. The maximum absolute atomic E-state index is 12.6. The van der Waals surface area contributed by atoms with Crippen molar-refractivity contribution in [3.05, 3.63) is 39.8 Å². The van der Waals surface area contributed by atoms with E-state index in [4.69, 9.17) is 14.5 Å². The van der Waals surface area contributed by atoms with E-state index in [9.17, 15) is 9.59 Å². The van der Waals surface area contributed by atoms with Crippen LogP contribution in [-0.4, -0.2) is 60.2 Å². The Hall–Kier alpha value is -3.07. The summed E-state index contributed by atoms with van der Waals surface area (Å²) in [6, 6.07) is 5.36. The van der Waals surface area contributed by atoms with Gasteiger partial charge in [-0.25, -0.2) is 4.98 Å². The average Bonchev–Trinajstić information content (AvgIpc) is 3.29. The number of fused-ring (bicyclic) bond motifs is 2. The van der Waals surface area contributed by atoms with Crippen molar-refractivity contribution in [2.75, 3.05) is 49.6 Å². The molecular formula is C21H25N5O4. The summed E-state index contributed by atoms with van der Waals surface area (Å²) in [7, 11) is 0. The normalized spacial score (nSPS) is 18.2. The molecule has 4 heterocycles. The Labute approximate surface area is 174 Å². The van der Waals surface area contributed by atoms with Gasteiger partial charge in [0.05, 0.1) is 17.8 Å². The molecule has 0 spiro atoms. The SMILES string of the molecule is O=C(CN1CCc2nc(N3CCCC3)[nH]c(=O)c2C1)Nc1ccc2c(c1)OCCO2. The van der Waals surface area contributed by atoms with Crippen LogP contribution in [0.15, 0.2) is 23.0 Å². The fourth-order valence-electron chi connectivity index (χ4n) is 4.21. The minimum atomic E-state index is -0.131. The van der Waals surface area contributed by atoms with E-state index in [1.165, 1.54) is 0 Å². The third-order valence-corrected chi connectivity index (χ3v) is 5.73. The monoisotopic (exact) mass is 411 g/mol. The highest BCUT2D eigenvalue weighted by Gasteiger charge is 2.25. The summed E-state index contributed by atoms with van der Waals surface area (Å²) in [5.41, 5.74) is 2.08. The third kappa shape index (κ3) is 3.85. The van der Waals surface area contributed by atoms with Gasteiger partial charge in [-0.1, -0.05) is 0 Å². The number of nitrogens with one attached hydrogen (secondary N) is 2. The minimum absolute atomic E-state index is 0.0983. The van der Waals surface area contributed by atoms with E-state index in [2.05, 4.69) is 15.2 Å². The standard InChI is InChI=1S/C21H25N5O4/c27-19(22-14-3-4-17-18(11-14)30-10-9-29-17)13-25-8-5-16-15(12-25)20(28)24-21(23-16)26-6-1-2-7-26/h3-4,11H,1-2,5-10,12-13H2,(H,22,27)(H,23,24,28). The first-order chi connectivity index (χ1) is 14.7. The van der Waals surface area contributed by atoms with Crippen molar-refractivity contribution < 1.29 is 14.3 Å². The predicted octanol–water partition coefficient (Wildman–Crippen LogP) is 1.14. The predicted molar refractivity (Wildman–Crippen MR) is 111 cm³/mol. The number of carbonyl (C=O) groups is 1. The molecule has 1 aromatic heterocycles. The van der Waals surface area contributed by atoms with Gasteiger partial charge in [-0.2, -0.15) is 0 Å². The number of nitrogens with zero attached hydrogens (tertiary/aromatic N) is 3. The van der Waals surface area contributed by atoms with E-state index >= 15 is 0 Å². The molecule has 2 aromatic rings. The molecule has 0 saturated carbocycles. The van der Waals surface area contributed by atoms with Gasteiger partial charge in [0.1, 0.15) is 13.2 Å². The van der Waals surface area contributed by atoms with E-state index in [-0.39, 0.29) is 18.0 Å². The number of amides is 1. The Morgan fingerprint density at radius 1 is 1.13 bits per heavy atom. The van der Waals surface area contributed by atoms with Crippen LogP contribution in [0.2, 0.25) is 0 Å². The summed E-state index contributed by atoms with van der Waals surface area (Å²) in [5, 5.41) is 2.90.